The molecule has 6 atom stereocenters. The maximum absolute atomic E-state index is 12.2. The molecule has 0 aromatic carbocycles. The van der Waals surface area contributed by atoms with E-state index in [9.17, 15) is 29.1 Å². The molecular weight excluding hydrogens is 406 g/mol. The first-order valence-electron chi connectivity index (χ1n) is 8.98. The number of aliphatic hydroxyl groups excluding tert-OH is 1. The molecule has 2 rings (SSSR count). The first kappa shape index (κ1) is 23.3. The molecule has 1 fully saturated rings. The number of nitrogens with two attached hydrogens (primary N) is 1. The van der Waals surface area contributed by atoms with Crippen molar-refractivity contribution >= 4 is 17.9 Å². The Labute approximate surface area is 169 Å². The van der Waals surface area contributed by atoms with Crippen LogP contribution < -0.4 is 17.0 Å². The molecule has 0 unspecified atom stereocenters. The first-order valence-corrected chi connectivity index (χ1v) is 8.98. The summed E-state index contributed by atoms with van der Waals surface area (Å²) in [6.45, 7) is 3.69. The Hall–Kier alpha value is -3.03. The second kappa shape index (κ2) is 9.65. The van der Waals surface area contributed by atoms with Crippen LogP contribution in [0.4, 0.5) is 0 Å². The minimum absolute atomic E-state index is 0.00359. The molecule has 30 heavy (non-hydrogen) atoms. The number of aromatic amines is 1. The lowest BCUT2D eigenvalue weighted by Gasteiger charge is -2.27. The van der Waals surface area contributed by atoms with Crippen LogP contribution in [0.25, 0.3) is 0 Å². The van der Waals surface area contributed by atoms with Crippen molar-refractivity contribution in [3.63, 3.8) is 0 Å². The average molecular weight is 429 g/mol. The van der Waals surface area contributed by atoms with Crippen LogP contribution in [0, 0.1) is 0 Å². The molecule has 166 valence electrons. The summed E-state index contributed by atoms with van der Waals surface area (Å²) >= 11 is 0. The van der Waals surface area contributed by atoms with Crippen molar-refractivity contribution in [1.82, 2.24) is 9.55 Å². The van der Waals surface area contributed by atoms with E-state index < -0.39 is 65.8 Å². The van der Waals surface area contributed by atoms with Gasteiger partial charge in [-0.1, -0.05) is 0 Å². The number of H-pyrrole nitrogens is 1. The van der Waals surface area contributed by atoms with Crippen LogP contribution in [-0.2, 0) is 33.3 Å². The highest BCUT2D eigenvalue weighted by atomic mass is 16.6. The van der Waals surface area contributed by atoms with Crippen molar-refractivity contribution in [1.29, 1.82) is 0 Å². The molecule has 1 aliphatic heterocycles. The van der Waals surface area contributed by atoms with E-state index in [0.29, 0.717) is 0 Å². The Morgan fingerprint density at radius 2 is 1.83 bits per heavy atom. The largest absolute Gasteiger partial charge is 0.465 e. The number of rotatable bonds is 7. The van der Waals surface area contributed by atoms with Crippen molar-refractivity contribution in [3.8, 4) is 0 Å². The van der Waals surface area contributed by atoms with Crippen LogP contribution in [0.15, 0.2) is 21.9 Å². The highest BCUT2D eigenvalue weighted by Crippen LogP contribution is 2.35. The van der Waals surface area contributed by atoms with E-state index >= 15 is 0 Å². The summed E-state index contributed by atoms with van der Waals surface area (Å²) in [7, 11) is 0. The minimum Gasteiger partial charge on any atom is -0.465 e. The number of carbonyl (C=O) groups is 3. The second-order valence-corrected chi connectivity index (χ2v) is 6.43. The van der Waals surface area contributed by atoms with Gasteiger partial charge in [0.15, 0.2) is 18.4 Å². The van der Waals surface area contributed by atoms with Gasteiger partial charge in [-0.05, 0) is 6.92 Å². The molecule has 13 heteroatoms. The molecule has 1 saturated heterocycles. The van der Waals surface area contributed by atoms with Crippen molar-refractivity contribution in [3.05, 3.63) is 33.1 Å². The molecule has 0 amide bonds. The highest BCUT2D eigenvalue weighted by molar-refractivity contribution is 5.76. The molecule has 0 saturated carbocycles. The van der Waals surface area contributed by atoms with Gasteiger partial charge in [0.05, 0.1) is 6.61 Å². The summed E-state index contributed by atoms with van der Waals surface area (Å²) in [6.07, 6.45) is -6.38. The zero-order valence-corrected chi connectivity index (χ0v) is 16.5. The van der Waals surface area contributed by atoms with E-state index in [4.69, 9.17) is 24.7 Å². The molecule has 1 aliphatic rings. The number of esters is 3. The molecule has 13 nitrogen and oxygen atoms in total. The third-order valence-corrected chi connectivity index (χ3v) is 4.22. The lowest BCUT2D eigenvalue weighted by Crippen LogP contribution is -2.53. The predicted octanol–water partition coefficient (Wildman–Crippen LogP) is -2.45. The van der Waals surface area contributed by atoms with Gasteiger partial charge in [0.25, 0.3) is 5.56 Å². The van der Waals surface area contributed by atoms with E-state index in [2.05, 4.69) is 0 Å². The predicted molar refractivity (Wildman–Crippen MR) is 97.0 cm³/mol. The Morgan fingerprint density at radius 3 is 2.37 bits per heavy atom. The van der Waals surface area contributed by atoms with Gasteiger partial charge in [-0.25, -0.2) is 4.79 Å². The lowest BCUT2D eigenvalue weighted by atomic mass is 9.99. The molecule has 2 heterocycles. The fourth-order valence-electron chi connectivity index (χ4n) is 3.02. The van der Waals surface area contributed by atoms with Gasteiger partial charge >= 0.3 is 23.6 Å². The third kappa shape index (κ3) is 5.11. The zero-order valence-electron chi connectivity index (χ0n) is 16.5. The molecule has 0 spiro atoms. The normalized spacial score (nSPS) is 25.2. The average Bonchev–Trinajstić information content (AvgIpc) is 2.97. The molecular formula is C17H23N3O10. The van der Waals surface area contributed by atoms with Crippen molar-refractivity contribution in [2.75, 3.05) is 6.61 Å². The number of hydrogen-bond donors (Lipinski definition) is 3. The number of aromatic nitrogens is 2. The highest BCUT2D eigenvalue weighted by Gasteiger charge is 2.54. The van der Waals surface area contributed by atoms with E-state index in [1.807, 2.05) is 4.98 Å². The number of ether oxygens (including phenoxy) is 4. The number of aliphatic hydroxyl groups is 1. The molecule has 0 radical (unpaired) electrons. The monoisotopic (exact) mass is 429 g/mol. The molecule has 1 aromatic heterocycles. The summed E-state index contributed by atoms with van der Waals surface area (Å²) in [4.78, 5) is 60.7. The van der Waals surface area contributed by atoms with E-state index in [-0.39, 0.29) is 6.61 Å². The Bertz CT molecular complexity index is 910. The number of nitrogens with one attached hydrogen (secondary N) is 1. The van der Waals surface area contributed by atoms with Crippen LogP contribution in [0.2, 0.25) is 0 Å². The number of nitrogens with zero attached hydrogens (tertiary/aromatic N) is 1. The summed E-state index contributed by atoms with van der Waals surface area (Å²) in [5, 5.41) is 10.6. The Morgan fingerprint density at radius 1 is 1.23 bits per heavy atom. The minimum atomic E-state index is -1.75. The third-order valence-electron chi connectivity index (χ3n) is 4.22. The van der Waals surface area contributed by atoms with Crippen LogP contribution in [0.3, 0.4) is 0 Å². The maximum Gasteiger partial charge on any atom is 0.330 e. The lowest BCUT2D eigenvalue weighted by molar-refractivity contribution is -0.167. The topological polar surface area (TPSA) is 189 Å². The Balaban J connectivity index is 2.48. The van der Waals surface area contributed by atoms with E-state index in [1.165, 1.54) is 0 Å². The zero-order chi connectivity index (χ0) is 22.6. The fourth-order valence-corrected chi connectivity index (χ4v) is 3.02. The van der Waals surface area contributed by atoms with Crippen LogP contribution in [-0.4, -0.2) is 69.6 Å². The van der Waals surface area contributed by atoms with Crippen molar-refractivity contribution < 1.29 is 38.4 Å². The van der Waals surface area contributed by atoms with Crippen molar-refractivity contribution in [2.24, 2.45) is 5.73 Å². The quantitative estimate of drug-likeness (QED) is 0.308. The van der Waals surface area contributed by atoms with Gasteiger partial charge in [-0.3, -0.25) is 28.7 Å². The van der Waals surface area contributed by atoms with E-state index in [1.54, 1.807) is 6.92 Å². The molecule has 0 aliphatic carbocycles. The number of hydrogen-bond acceptors (Lipinski definition) is 11. The van der Waals surface area contributed by atoms with Gasteiger partial charge in [-0.2, -0.15) is 0 Å². The fraction of sp³-hybridized carbons (Fsp3) is 0.588. The van der Waals surface area contributed by atoms with Gasteiger partial charge in [0, 0.05) is 26.1 Å². The van der Waals surface area contributed by atoms with Gasteiger partial charge < -0.3 is 29.8 Å². The summed E-state index contributed by atoms with van der Waals surface area (Å²) in [5.74, 6) is -2.55. The standard InChI is InChI=1S/C17H23N3O10/c1-4-27-16(25)10(18)11(24)12-13(28-7(2)21)14(29-8(3)22)15(30-12)20-6-5-9(23)19-17(20)26/h5-6,10-15,24H,4,18H2,1-3H3,(H,19,23,26)/t10-,11-,12+,13-,14-,15-/m1/s1. The van der Waals surface area contributed by atoms with Crippen LogP contribution >= 0.6 is 0 Å². The second-order valence-electron chi connectivity index (χ2n) is 6.43. The molecule has 0 bridgehead atoms. The number of carbonyl (C=O) groups excluding carboxylic acids is 3. The molecule has 1 aromatic rings. The smallest absolute Gasteiger partial charge is 0.330 e. The van der Waals surface area contributed by atoms with Crippen LogP contribution in [0.5, 0.6) is 0 Å². The van der Waals surface area contributed by atoms with Gasteiger partial charge in [0.1, 0.15) is 18.2 Å². The SMILES string of the molecule is CCOC(=O)[C@H](N)[C@@H](O)[C@@H]1O[C@@H](n2ccc(=O)[nH]c2=O)[C@H](OC(C)=O)[C@@H]1OC(C)=O. The van der Waals surface area contributed by atoms with Crippen molar-refractivity contribution in [2.45, 2.75) is 57.5 Å². The maximum atomic E-state index is 12.2. The summed E-state index contributed by atoms with van der Waals surface area (Å²) in [5.41, 5.74) is 4.14. The molecule has 4 N–H and O–H groups in total. The first-order chi connectivity index (χ1) is 14.1. The summed E-state index contributed by atoms with van der Waals surface area (Å²) in [6, 6.07) is -0.568. The van der Waals surface area contributed by atoms with E-state index in [0.717, 1.165) is 30.7 Å². The summed E-state index contributed by atoms with van der Waals surface area (Å²) < 4.78 is 21.7. The Kier molecular flexibility index (Phi) is 7.48. The van der Waals surface area contributed by atoms with Crippen LogP contribution in [0.1, 0.15) is 27.0 Å². The van der Waals surface area contributed by atoms with Gasteiger partial charge in [0.2, 0.25) is 0 Å². The van der Waals surface area contributed by atoms with Gasteiger partial charge in [-0.15, -0.1) is 0 Å².